The molecule has 1 N–H and O–H groups in total. The van der Waals surface area contributed by atoms with E-state index < -0.39 is 28.5 Å². The molecule has 0 bridgehead atoms. The number of benzene rings is 4. The van der Waals surface area contributed by atoms with Crippen molar-refractivity contribution in [1.82, 2.24) is 10.2 Å². The lowest BCUT2D eigenvalue weighted by molar-refractivity contribution is -0.140. The van der Waals surface area contributed by atoms with Crippen molar-refractivity contribution in [2.45, 2.75) is 62.6 Å². The van der Waals surface area contributed by atoms with Crippen molar-refractivity contribution in [3.05, 3.63) is 125 Å². The first-order valence-corrected chi connectivity index (χ1v) is 18.2. The van der Waals surface area contributed by atoms with Crippen LogP contribution in [0.15, 0.2) is 119 Å². The van der Waals surface area contributed by atoms with E-state index in [-0.39, 0.29) is 29.8 Å². The number of para-hydroxylation sites is 1. The molecular formula is C37H40BrN3O5S. The molecule has 4 aromatic carbocycles. The van der Waals surface area contributed by atoms with Crippen molar-refractivity contribution in [3.8, 4) is 5.75 Å². The fraction of sp³-hybridized carbons (Fsp3) is 0.297. The predicted octanol–water partition coefficient (Wildman–Crippen LogP) is 6.74. The zero-order chi connectivity index (χ0) is 33.2. The van der Waals surface area contributed by atoms with Gasteiger partial charge in [-0.05, 0) is 79.4 Å². The number of carbonyl (C=O) groups excluding carboxylic acids is 2. The molecule has 246 valence electrons. The Morgan fingerprint density at radius 1 is 0.872 bits per heavy atom. The molecule has 1 aliphatic carbocycles. The SMILES string of the molecule is CCOc1ccc(S(=O)(=O)N(CC(=O)N(Cc2cccc(Br)c2)C(Cc2ccccc2)C(=O)NC2CCCC2)c2ccccc2)cc1. The summed E-state index contributed by atoms with van der Waals surface area (Å²) in [5.41, 5.74) is 2.04. The fourth-order valence-electron chi connectivity index (χ4n) is 5.88. The number of nitrogens with one attached hydrogen (secondary N) is 1. The average Bonchev–Trinajstić information content (AvgIpc) is 3.59. The maximum Gasteiger partial charge on any atom is 0.264 e. The number of ether oxygens (including phenoxy) is 1. The summed E-state index contributed by atoms with van der Waals surface area (Å²) >= 11 is 3.53. The highest BCUT2D eigenvalue weighted by Crippen LogP contribution is 2.27. The Bertz CT molecular complexity index is 1730. The van der Waals surface area contributed by atoms with Crippen molar-refractivity contribution < 1.29 is 22.7 Å². The number of carbonyl (C=O) groups is 2. The smallest absolute Gasteiger partial charge is 0.264 e. The van der Waals surface area contributed by atoms with E-state index in [0.29, 0.717) is 18.0 Å². The molecule has 0 saturated heterocycles. The van der Waals surface area contributed by atoms with Crippen LogP contribution in [-0.4, -0.2) is 50.4 Å². The van der Waals surface area contributed by atoms with Crippen molar-refractivity contribution in [1.29, 1.82) is 0 Å². The molecule has 47 heavy (non-hydrogen) atoms. The van der Waals surface area contributed by atoms with Crippen LogP contribution < -0.4 is 14.4 Å². The summed E-state index contributed by atoms with van der Waals surface area (Å²) in [4.78, 5) is 30.3. The number of sulfonamides is 1. The van der Waals surface area contributed by atoms with Gasteiger partial charge >= 0.3 is 0 Å². The van der Waals surface area contributed by atoms with Gasteiger partial charge in [0.2, 0.25) is 11.8 Å². The van der Waals surface area contributed by atoms with Gasteiger partial charge < -0.3 is 15.0 Å². The Balaban J connectivity index is 1.54. The highest BCUT2D eigenvalue weighted by atomic mass is 79.9. The van der Waals surface area contributed by atoms with E-state index >= 15 is 0 Å². The minimum absolute atomic E-state index is 0.0240. The van der Waals surface area contributed by atoms with Crippen molar-refractivity contribution in [2.24, 2.45) is 0 Å². The maximum absolute atomic E-state index is 14.6. The van der Waals surface area contributed by atoms with Gasteiger partial charge in [0, 0.05) is 23.5 Å². The normalized spacial score (nSPS) is 13.9. The van der Waals surface area contributed by atoms with Crippen LogP contribution >= 0.6 is 15.9 Å². The van der Waals surface area contributed by atoms with Crippen LogP contribution in [-0.2, 0) is 32.6 Å². The Labute approximate surface area is 285 Å². The summed E-state index contributed by atoms with van der Waals surface area (Å²) in [7, 11) is -4.20. The third-order valence-electron chi connectivity index (χ3n) is 8.26. The zero-order valence-corrected chi connectivity index (χ0v) is 28.8. The van der Waals surface area contributed by atoms with E-state index in [0.717, 1.165) is 45.6 Å². The molecular weight excluding hydrogens is 678 g/mol. The summed E-state index contributed by atoms with van der Waals surface area (Å²) in [5, 5.41) is 3.20. The molecule has 1 unspecified atom stereocenters. The van der Waals surface area contributed by atoms with E-state index in [2.05, 4.69) is 21.2 Å². The minimum atomic E-state index is -4.20. The van der Waals surface area contributed by atoms with Gasteiger partial charge in [0.25, 0.3) is 10.0 Å². The van der Waals surface area contributed by atoms with Gasteiger partial charge in [-0.15, -0.1) is 0 Å². The van der Waals surface area contributed by atoms with E-state index in [1.54, 1.807) is 42.5 Å². The quantitative estimate of drug-likeness (QED) is 0.156. The third kappa shape index (κ3) is 9.02. The molecule has 0 radical (unpaired) electrons. The van der Waals surface area contributed by atoms with Gasteiger partial charge in [-0.3, -0.25) is 13.9 Å². The van der Waals surface area contributed by atoms with Gasteiger partial charge in [0.05, 0.1) is 17.2 Å². The molecule has 0 spiro atoms. The van der Waals surface area contributed by atoms with Gasteiger partial charge in [-0.25, -0.2) is 8.42 Å². The summed E-state index contributed by atoms with van der Waals surface area (Å²) in [6.07, 6.45) is 4.15. The third-order valence-corrected chi connectivity index (χ3v) is 10.5. The largest absolute Gasteiger partial charge is 0.494 e. The second kappa shape index (κ2) is 16.1. The molecule has 0 heterocycles. The topological polar surface area (TPSA) is 96.0 Å². The summed E-state index contributed by atoms with van der Waals surface area (Å²) < 4.78 is 35.9. The minimum Gasteiger partial charge on any atom is -0.494 e. The Morgan fingerprint density at radius 2 is 1.51 bits per heavy atom. The van der Waals surface area contributed by atoms with Crippen LogP contribution in [0.2, 0.25) is 0 Å². The number of anilines is 1. The van der Waals surface area contributed by atoms with Crippen LogP contribution in [0.3, 0.4) is 0 Å². The standard InChI is InChI=1S/C37H40BrN3O5S/c1-2-46-33-20-22-34(23-21-33)47(44,45)41(32-18-7-4-8-19-32)27-36(42)40(26-29-14-11-15-30(38)24-29)35(25-28-12-5-3-6-13-28)37(43)39-31-16-9-10-17-31/h3-8,11-15,18-24,31,35H,2,9-10,16-17,25-27H2,1H3,(H,39,43). The lowest BCUT2D eigenvalue weighted by Crippen LogP contribution is -2.54. The summed E-state index contributed by atoms with van der Waals surface area (Å²) in [5.74, 6) is -0.193. The number of hydrogen-bond acceptors (Lipinski definition) is 5. The molecule has 8 nitrogen and oxygen atoms in total. The van der Waals surface area contributed by atoms with Gasteiger partial charge in [-0.1, -0.05) is 89.4 Å². The monoisotopic (exact) mass is 717 g/mol. The Morgan fingerprint density at radius 3 is 2.15 bits per heavy atom. The average molecular weight is 719 g/mol. The van der Waals surface area contributed by atoms with Crippen molar-refractivity contribution in [3.63, 3.8) is 0 Å². The first kappa shape index (κ1) is 34.2. The molecule has 10 heteroatoms. The second-order valence-corrected chi connectivity index (χ2v) is 14.4. The van der Waals surface area contributed by atoms with Gasteiger partial charge in [0.15, 0.2) is 0 Å². The lowest BCUT2D eigenvalue weighted by atomic mass is 10.0. The molecule has 1 atom stereocenters. The first-order valence-electron chi connectivity index (χ1n) is 15.9. The van der Waals surface area contributed by atoms with E-state index in [1.165, 1.54) is 17.0 Å². The Hall–Kier alpha value is -4.15. The second-order valence-electron chi connectivity index (χ2n) is 11.6. The number of rotatable bonds is 14. The molecule has 0 aliphatic heterocycles. The first-order chi connectivity index (χ1) is 22.7. The maximum atomic E-state index is 14.6. The van der Waals surface area contributed by atoms with E-state index in [1.807, 2.05) is 61.5 Å². The predicted molar refractivity (Wildman–Crippen MR) is 188 cm³/mol. The molecule has 1 fully saturated rings. The lowest BCUT2D eigenvalue weighted by Gasteiger charge is -2.34. The highest BCUT2D eigenvalue weighted by molar-refractivity contribution is 9.10. The van der Waals surface area contributed by atoms with Crippen LogP contribution in [0.1, 0.15) is 43.7 Å². The molecule has 5 rings (SSSR count). The van der Waals surface area contributed by atoms with E-state index in [4.69, 9.17) is 4.74 Å². The van der Waals surface area contributed by atoms with Gasteiger partial charge in [0.1, 0.15) is 18.3 Å². The van der Waals surface area contributed by atoms with Crippen LogP contribution in [0.4, 0.5) is 5.69 Å². The molecule has 0 aromatic heterocycles. The van der Waals surface area contributed by atoms with E-state index in [9.17, 15) is 18.0 Å². The zero-order valence-electron chi connectivity index (χ0n) is 26.4. The number of nitrogens with zero attached hydrogens (tertiary/aromatic N) is 2. The summed E-state index contributed by atoms with van der Waals surface area (Å²) in [6.45, 7) is 1.91. The Kier molecular flexibility index (Phi) is 11.7. The number of amides is 2. The summed E-state index contributed by atoms with van der Waals surface area (Å²) in [6, 6.07) is 31.0. The molecule has 2 amide bonds. The molecule has 1 aliphatic rings. The molecule has 4 aromatic rings. The van der Waals surface area contributed by atoms with Crippen molar-refractivity contribution in [2.75, 3.05) is 17.5 Å². The fourth-order valence-corrected chi connectivity index (χ4v) is 7.74. The van der Waals surface area contributed by atoms with Crippen LogP contribution in [0, 0.1) is 0 Å². The van der Waals surface area contributed by atoms with Gasteiger partial charge in [-0.2, -0.15) is 0 Å². The van der Waals surface area contributed by atoms with Crippen molar-refractivity contribution >= 4 is 43.5 Å². The molecule has 1 saturated carbocycles. The van der Waals surface area contributed by atoms with Crippen LogP contribution in [0.25, 0.3) is 0 Å². The highest BCUT2D eigenvalue weighted by Gasteiger charge is 2.35. The number of halogens is 1. The van der Waals surface area contributed by atoms with Crippen LogP contribution in [0.5, 0.6) is 5.75 Å². The number of hydrogen-bond donors (Lipinski definition) is 1.